The van der Waals surface area contributed by atoms with Crippen LogP contribution in [0, 0.1) is 0 Å². The first-order valence-electron chi connectivity index (χ1n) is 2.12. The molecule has 0 bridgehead atoms. The third kappa shape index (κ3) is 1.26. The Morgan fingerprint density at radius 2 is 2.33 bits per heavy atom. The molecule has 1 rings (SSSR count). The molecule has 1 heterocycles. The van der Waals surface area contributed by atoms with E-state index in [2.05, 4.69) is 14.6 Å². The molecule has 0 unspecified atom stereocenters. The first-order chi connectivity index (χ1) is 4.14. The largest absolute Gasteiger partial charge is 0.558 e. The van der Waals surface area contributed by atoms with Crippen LogP contribution in [0.3, 0.4) is 0 Å². The molecular weight excluding hydrogens is 134 g/mol. The number of rotatable bonds is 0. The zero-order valence-electron chi connectivity index (χ0n) is 4.52. The number of alkyl halides is 2. The quantitative estimate of drug-likeness (QED) is 0.515. The van der Waals surface area contributed by atoms with E-state index in [9.17, 15) is 8.78 Å². The summed E-state index contributed by atoms with van der Waals surface area (Å²) in [6.07, 6.45) is -3.57. The molecule has 0 saturated carbocycles. The van der Waals surface area contributed by atoms with Gasteiger partial charge in [-0.3, -0.25) is 0 Å². The molecule has 0 spiro atoms. The number of hydrogen-bond acceptors (Lipinski definition) is 3. The van der Waals surface area contributed by atoms with Gasteiger partial charge in [0.15, 0.2) is 0 Å². The normalized spacial score (nSPS) is 27.7. The maximum Gasteiger partial charge on any atom is 0.558 e. The van der Waals surface area contributed by atoms with Gasteiger partial charge in [-0.15, -0.1) is 8.78 Å². The molecule has 1 fully saturated rings. The molecule has 6 heteroatoms. The van der Waals surface area contributed by atoms with Gasteiger partial charge >= 0.3 is 12.3 Å². The molecule has 1 aliphatic rings. The van der Waals surface area contributed by atoms with Crippen LogP contribution in [0.25, 0.3) is 0 Å². The second-order valence-electron chi connectivity index (χ2n) is 1.30. The van der Waals surface area contributed by atoms with Crippen LogP contribution in [0.4, 0.5) is 8.78 Å². The predicted molar refractivity (Wildman–Crippen MR) is 23.6 cm³/mol. The van der Waals surface area contributed by atoms with Gasteiger partial charge in [-0.2, -0.15) is 4.84 Å². The lowest BCUT2D eigenvalue weighted by Gasteiger charge is -1.99. The van der Waals surface area contributed by atoms with Gasteiger partial charge in [-0.25, -0.2) is 10.5 Å². The molecule has 52 valence electrons. The van der Waals surface area contributed by atoms with Crippen LogP contribution in [0.1, 0.15) is 0 Å². The van der Waals surface area contributed by atoms with E-state index >= 15 is 0 Å². The van der Waals surface area contributed by atoms with Gasteiger partial charge in [-0.1, -0.05) is 0 Å². The van der Waals surface area contributed by atoms with Crippen molar-refractivity contribution < 1.29 is 18.4 Å². The van der Waals surface area contributed by atoms with Crippen molar-refractivity contribution in [1.29, 1.82) is 0 Å². The fourth-order valence-electron chi connectivity index (χ4n) is 0.349. The Hall–Kier alpha value is -0.910. The summed E-state index contributed by atoms with van der Waals surface area (Å²) in [7, 11) is 1.30. The van der Waals surface area contributed by atoms with Crippen molar-refractivity contribution in [2.45, 2.75) is 6.29 Å². The maximum atomic E-state index is 11.8. The molecule has 0 aromatic carbocycles. The number of hydrogen-bond donors (Lipinski definition) is 1. The average Bonchev–Trinajstić information content (AvgIpc) is 2.10. The Morgan fingerprint density at radius 3 is 2.56 bits per heavy atom. The second-order valence-corrected chi connectivity index (χ2v) is 1.30. The summed E-state index contributed by atoms with van der Waals surface area (Å²) in [6.45, 7) is 0. The molecule has 0 amide bonds. The van der Waals surface area contributed by atoms with Crippen molar-refractivity contribution in [3.05, 3.63) is 0 Å². The Kier molecular flexibility index (Phi) is 1.24. The Morgan fingerprint density at radius 1 is 1.67 bits per heavy atom. The average molecular weight is 138 g/mol. The minimum Gasteiger partial charge on any atom is -0.373 e. The van der Waals surface area contributed by atoms with Crippen LogP contribution >= 0.6 is 0 Å². The highest BCUT2D eigenvalue weighted by molar-refractivity contribution is 5.73. The Bertz CT molecular complexity index is 147. The number of aliphatic imine (C=N–C) groups is 1. The summed E-state index contributed by atoms with van der Waals surface area (Å²) in [4.78, 5) is 6.87. The highest BCUT2D eigenvalue weighted by Crippen LogP contribution is 2.19. The molecule has 1 N–H and O–H groups in total. The second kappa shape index (κ2) is 1.80. The van der Waals surface area contributed by atoms with Gasteiger partial charge in [0.05, 0.1) is 0 Å². The van der Waals surface area contributed by atoms with Crippen LogP contribution in [-0.4, -0.2) is 19.4 Å². The maximum absolute atomic E-state index is 11.8. The van der Waals surface area contributed by atoms with E-state index in [0.717, 1.165) is 0 Å². The fourth-order valence-corrected chi connectivity index (χ4v) is 0.349. The van der Waals surface area contributed by atoms with Gasteiger partial charge in [0, 0.05) is 7.05 Å². The molecule has 0 atom stereocenters. The third-order valence-corrected chi connectivity index (χ3v) is 0.676. The smallest absolute Gasteiger partial charge is 0.373 e. The molecular formula is C3H4F2N2O2. The predicted octanol–water partition coefficient (Wildman–Crippen LogP) is 0.0739. The van der Waals surface area contributed by atoms with E-state index < -0.39 is 6.29 Å². The zero-order chi connectivity index (χ0) is 6.91. The van der Waals surface area contributed by atoms with Crippen LogP contribution in [0.2, 0.25) is 0 Å². The Labute approximate surface area is 49.4 Å². The molecule has 0 aromatic rings. The van der Waals surface area contributed by atoms with Gasteiger partial charge in [-0.05, 0) is 0 Å². The SMILES string of the molecule is CN=C1NOC(F)(F)O1. The van der Waals surface area contributed by atoms with E-state index in [1.807, 2.05) is 0 Å². The molecule has 1 aliphatic heterocycles. The minimum absolute atomic E-state index is 0.319. The summed E-state index contributed by atoms with van der Waals surface area (Å²) in [5.41, 5.74) is 1.77. The standard InChI is InChI=1S/C3H4F2N2O2/c1-6-2-7-9-3(4,5)8-2/h1H3,(H,6,7). The minimum atomic E-state index is -3.57. The van der Waals surface area contributed by atoms with E-state index in [0.29, 0.717) is 0 Å². The summed E-state index contributed by atoms with van der Waals surface area (Å²) in [6, 6.07) is -0.319. The first kappa shape index (κ1) is 6.21. The third-order valence-electron chi connectivity index (χ3n) is 0.676. The number of amidine groups is 1. The Balaban J connectivity index is 2.57. The summed E-state index contributed by atoms with van der Waals surface area (Å²) >= 11 is 0. The van der Waals surface area contributed by atoms with Crippen LogP contribution in [0.15, 0.2) is 4.99 Å². The lowest BCUT2D eigenvalue weighted by Crippen LogP contribution is -2.16. The van der Waals surface area contributed by atoms with Crippen molar-refractivity contribution in [3.8, 4) is 0 Å². The number of nitrogens with one attached hydrogen (secondary N) is 1. The molecule has 0 aromatic heterocycles. The summed E-state index contributed by atoms with van der Waals surface area (Å²) in [5.74, 6) is 0. The van der Waals surface area contributed by atoms with Crippen molar-refractivity contribution >= 4 is 6.02 Å². The van der Waals surface area contributed by atoms with E-state index in [1.165, 1.54) is 7.05 Å². The highest BCUT2D eigenvalue weighted by Gasteiger charge is 2.42. The van der Waals surface area contributed by atoms with Crippen molar-refractivity contribution in [1.82, 2.24) is 5.48 Å². The summed E-state index contributed by atoms with van der Waals surface area (Å²) in [5, 5.41) is 0. The molecule has 4 nitrogen and oxygen atoms in total. The molecule has 0 aliphatic carbocycles. The lowest BCUT2D eigenvalue weighted by molar-refractivity contribution is -0.341. The van der Waals surface area contributed by atoms with E-state index in [-0.39, 0.29) is 6.02 Å². The number of halogens is 2. The van der Waals surface area contributed by atoms with Crippen LogP contribution in [0.5, 0.6) is 0 Å². The van der Waals surface area contributed by atoms with Crippen molar-refractivity contribution in [3.63, 3.8) is 0 Å². The molecule has 0 radical (unpaired) electrons. The van der Waals surface area contributed by atoms with Gasteiger partial charge < -0.3 is 4.74 Å². The van der Waals surface area contributed by atoms with Crippen molar-refractivity contribution in [2.24, 2.45) is 4.99 Å². The number of ether oxygens (including phenoxy) is 1. The van der Waals surface area contributed by atoms with Gasteiger partial charge in [0.1, 0.15) is 0 Å². The van der Waals surface area contributed by atoms with Crippen LogP contribution < -0.4 is 5.48 Å². The van der Waals surface area contributed by atoms with Crippen LogP contribution in [-0.2, 0) is 9.57 Å². The monoisotopic (exact) mass is 138 g/mol. The highest BCUT2D eigenvalue weighted by atomic mass is 19.3. The fraction of sp³-hybridized carbons (Fsp3) is 0.667. The van der Waals surface area contributed by atoms with E-state index in [4.69, 9.17) is 0 Å². The lowest BCUT2D eigenvalue weighted by atomic mass is 11.1. The number of hydroxylamine groups is 1. The van der Waals surface area contributed by atoms with Gasteiger partial charge in [0.2, 0.25) is 0 Å². The topological polar surface area (TPSA) is 42.9 Å². The molecule has 9 heavy (non-hydrogen) atoms. The van der Waals surface area contributed by atoms with E-state index in [1.54, 1.807) is 5.48 Å². The van der Waals surface area contributed by atoms with Gasteiger partial charge in [0.25, 0.3) is 0 Å². The first-order valence-corrected chi connectivity index (χ1v) is 2.12. The summed E-state index contributed by atoms with van der Waals surface area (Å²) < 4.78 is 27.4. The van der Waals surface area contributed by atoms with Crippen molar-refractivity contribution in [2.75, 3.05) is 7.05 Å². The molecule has 1 saturated heterocycles. The zero-order valence-corrected chi connectivity index (χ0v) is 4.52. The number of nitrogens with zero attached hydrogens (tertiary/aromatic N) is 1.